The van der Waals surface area contributed by atoms with Crippen molar-refractivity contribution < 1.29 is 4.79 Å². The lowest BCUT2D eigenvalue weighted by Crippen LogP contribution is -2.19. The van der Waals surface area contributed by atoms with Gasteiger partial charge in [0.05, 0.1) is 0 Å². The summed E-state index contributed by atoms with van der Waals surface area (Å²) < 4.78 is 0. The van der Waals surface area contributed by atoms with E-state index >= 15 is 0 Å². The van der Waals surface area contributed by atoms with E-state index in [2.05, 4.69) is 29.7 Å². The van der Waals surface area contributed by atoms with E-state index in [1.165, 1.54) is 5.56 Å². The second kappa shape index (κ2) is 5.37. The van der Waals surface area contributed by atoms with Crippen LogP contribution < -0.4 is 10.6 Å². The van der Waals surface area contributed by atoms with E-state index in [1.54, 1.807) is 0 Å². The molecule has 3 nitrogen and oxygen atoms in total. The van der Waals surface area contributed by atoms with Gasteiger partial charge in [-0.25, -0.2) is 0 Å². The van der Waals surface area contributed by atoms with Crippen molar-refractivity contribution in [1.82, 2.24) is 0 Å². The van der Waals surface area contributed by atoms with E-state index in [0.29, 0.717) is 0 Å². The number of benzene rings is 2. The number of para-hydroxylation sites is 1. The Morgan fingerprint density at radius 1 is 1.10 bits per heavy atom. The lowest BCUT2D eigenvalue weighted by atomic mass is 10.1. The van der Waals surface area contributed by atoms with Gasteiger partial charge in [0.2, 0.25) is 0 Å². The highest BCUT2D eigenvalue weighted by atomic mass is 16.2. The van der Waals surface area contributed by atoms with Gasteiger partial charge in [-0.15, -0.1) is 0 Å². The Morgan fingerprint density at radius 2 is 1.85 bits per heavy atom. The molecule has 102 valence electrons. The molecule has 0 saturated heterocycles. The molecule has 2 aromatic rings. The molecule has 1 atom stereocenters. The van der Waals surface area contributed by atoms with Crippen molar-refractivity contribution in [3.8, 4) is 0 Å². The Kier molecular flexibility index (Phi) is 3.42. The molecule has 1 unspecified atom stereocenters. The fourth-order valence-electron chi connectivity index (χ4n) is 2.57. The molecular formula is C17H18N2O. The van der Waals surface area contributed by atoms with Gasteiger partial charge in [0.1, 0.15) is 6.04 Å². The van der Waals surface area contributed by atoms with Crippen LogP contribution in [0.3, 0.4) is 0 Å². The van der Waals surface area contributed by atoms with Gasteiger partial charge in [-0.2, -0.15) is 0 Å². The Morgan fingerprint density at radius 3 is 2.60 bits per heavy atom. The number of fused-ring (bicyclic) bond motifs is 1. The minimum atomic E-state index is -0.303. The number of amides is 1. The smallest absolute Gasteiger partial charge is 0.251 e. The maximum atomic E-state index is 12.0. The predicted octanol–water partition coefficient (Wildman–Crippen LogP) is 3.74. The molecule has 0 bridgehead atoms. The third-order valence-electron chi connectivity index (χ3n) is 3.60. The molecule has 0 spiro atoms. The molecule has 1 heterocycles. The van der Waals surface area contributed by atoms with Crippen molar-refractivity contribution in [3.63, 3.8) is 0 Å². The molecule has 3 rings (SSSR count). The second-order valence-corrected chi connectivity index (χ2v) is 5.10. The Hall–Kier alpha value is -2.29. The molecule has 1 aliphatic heterocycles. The molecule has 0 aromatic heterocycles. The van der Waals surface area contributed by atoms with Crippen LogP contribution in [-0.4, -0.2) is 5.91 Å². The van der Waals surface area contributed by atoms with E-state index in [1.807, 2.05) is 36.4 Å². The van der Waals surface area contributed by atoms with E-state index in [9.17, 15) is 4.79 Å². The van der Waals surface area contributed by atoms with E-state index in [0.717, 1.165) is 29.8 Å². The fraction of sp³-hybridized carbons (Fsp3) is 0.235. The first-order valence-corrected chi connectivity index (χ1v) is 7.03. The van der Waals surface area contributed by atoms with E-state index < -0.39 is 0 Å². The van der Waals surface area contributed by atoms with Gasteiger partial charge in [0.25, 0.3) is 5.91 Å². The Labute approximate surface area is 119 Å². The summed E-state index contributed by atoms with van der Waals surface area (Å²) >= 11 is 0. The molecule has 20 heavy (non-hydrogen) atoms. The van der Waals surface area contributed by atoms with Gasteiger partial charge in [0.15, 0.2) is 0 Å². The highest BCUT2D eigenvalue weighted by molar-refractivity contribution is 6.04. The molecule has 2 aromatic carbocycles. The number of carbonyl (C=O) groups is 1. The standard InChI is InChI=1S/C17H18N2O/c1-2-5-12-8-10-13(11-9-12)18-16-14-6-3-4-7-15(14)19-17(16)20/h3-4,6-11,16,18H,2,5H2,1H3,(H,19,20). The minimum absolute atomic E-state index is 0.00355. The van der Waals surface area contributed by atoms with Crippen LogP contribution in [0.2, 0.25) is 0 Å². The van der Waals surface area contributed by atoms with Crippen molar-refractivity contribution in [2.75, 3.05) is 10.6 Å². The zero-order valence-electron chi connectivity index (χ0n) is 11.5. The van der Waals surface area contributed by atoms with Crippen LogP contribution in [0.1, 0.15) is 30.5 Å². The summed E-state index contributed by atoms with van der Waals surface area (Å²) in [5.74, 6) is 0.00355. The molecular weight excluding hydrogens is 248 g/mol. The minimum Gasteiger partial charge on any atom is -0.370 e. The van der Waals surface area contributed by atoms with Crippen molar-refractivity contribution in [3.05, 3.63) is 59.7 Å². The first-order chi connectivity index (χ1) is 9.78. The summed E-state index contributed by atoms with van der Waals surface area (Å²) in [5.41, 5.74) is 4.21. The summed E-state index contributed by atoms with van der Waals surface area (Å²) in [6, 6.07) is 15.8. The highest BCUT2D eigenvalue weighted by Crippen LogP contribution is 2.32. The molecule has 0 radical (unpaired) electrons. The first kappa shape index (κ1) is 12.7. The van der Waals surface area contributed by atoms with Crippen LogP contribution in [0.15, 0.2) is 48.5 Å². The Balaban J connectivity index is 1.79. The fourth-order valence-corrected chi connectivity index (χ4v) is 2.57. The number of aryl methyl sites for hydroxylation is 1. The monoisotopic (exact) mass is 266 g/mol. The lowest BCUT2D eigenvalue weighted by Gasteiger charge is -2.13. The largest absolute Gasteiger partial charge is 0.370 e. The third kappa shape index (κ3) is 2.39. The van der Waals surface area contributed by atoms with Crippen LogP contribution in [0.4, 0.5) is 11.4 Å². The van der Waals surface area contributed by atoms with E-state index in [-0.39, 0.29) is 11.9 Å². The molecule has 1 amide bonds. The van der Waals surface area contributed by atoms with Gasteiger partial charge in [-0.3, -0.25) is 4.79 Å². The highest BCUT2D eigenvalue weighted by Gasteiger charge is 2.29. The number of carbonyl (C=O) groups excluding carboxylic acids is 1. The van der Waals surface area contributed by atoms with Crippen LogP contribution >= 0.6 is 0 Å². The zero-order chi connectivity index (χ0) is 13.9. The molecule has 0 saturated carbocycles. The zero-order valence-corrected chi connectivity index (χ0v) is 11.5. The van der Waals surface area contributed by atoms with Gasteiger partial charge >= 0.3 is 0 Å². The Bertz CT molecular complexity index is 619. The number of nitrogens with one attached hydrogen (secondary N) is 2. The molecule has 0 aliphatic carbocycles. The average molecular weight is 266 g/mol. The van der Waals surface area contributed by atoms with Gasteiger partial charge in [0, 0.05) is 16.9 Å². The normalized spacial score (nSPS) is 16.6. The SMILES string of the molecule is CCCc1ccc(NC2C(=O)Nc3ccccc32)cc1. The predicted molar refractivity (Wildman–Crippen MR) is 81.9 cm³/mol. The molecule has 0 fully saturated rings. The quantitative estimate of drug-likeness (QED) is 0.885. The van der Waals surface area contributed by atoms with Crippen molar-refractivity contribution >= 4 is 17.3 Å². The number of anilines is 2. The van der Waals surface area contributed by atoms with Crippen molar-refractivity contribution in [1.29, 1.82) is 0 Å². The molecule has 2 N–H and O–H groups in total. The van der Waals surface area contributed by atoms with Crippen LogP contribution in [0.25, 0.3) is 0 Å². The molecule has 3 heteroatoms. The molecule has 1 aliphatic rings. The van der Waals surface area contributed by atoms with Gasteiger partial charge in [-0.05, 0) is 30.2 Å². The summed E-state index contributed by atoms with van der Waals surface area (Å²) in [7, 11) is 0. The third-order valence-corrected chi connectivity index (χ3v) is 3.60. The second-order valence-electron chi connectivity index (χ2n) is 5.10. The maximum Gasteiger partial charge on any atom is 0.251 e. The average Bonchev–Trinajstić information content (AvgIpc) is 2.78. The van der Waals surface area contributed by atoms with Crippen molar-refractivity contribution in [2.24, 2.45) is 0 Å². The number of rotatable bonds is 4. The number of hydrogen-bond donors (Lipinski definition) is 2. The number of hydrogen-bond acceptors (Lipinski definition) is 2. The van der Waals surface area contributed by atoms with Gasteiger partial charge < -0.3 is 10.6 Å². The summed E-state index contributed by atoms with van der Waals surface area (Å²) in [4.78, 5) is 12.0. The van der Waals surface area contributed by atoms with Crippen LogP contribution in [0, 0.1) is 0 Å². The summed E-state index contributed by atoms with van der Waals surface area (Å²) in [6.45, 7) is 2.17. The summed E-state index contributed by atoms with van der Waals surface area (Å²) in [5, 5.41) is 6.20. The van der Waals surface area contributed by atoms with Crippen molar-refractivity contribution in [2.45, 2.75) is 25.8 Å². The van der Waals surface area contributed by atoms with Gasteiger partial charge in [-0.1, -0.05) is 43.7 Å². The lowest BCUT2D eigenvalue weighted by molar-refractivity contribution is -0.116. The first-order valence-electron chi connectivity index (χ1n) is 7.03. The topological polar surface area (TPSA) is 41.1 Å². The van der Waals surface area contributed by atoms with E-state index in [4.69, 9.17) is 0 Å². The summed E-state index contributed by atoms with van der Waals surface area (Å²) in [6.07, 6.45) is 2.23. The van der Waals surface area contributed by atoms with Crippen LogP contribution in [0.5, 0.6) is 0 Å². The van der Waals surface area contributed by atoms with Crippen LogP contribution in [-0.2, 0) is 11.2 Å². The maximum absolute atomic E-state index is 12.0.